The van der Waals surface area contributed by atoms with Crippen molar-refractivity contribution < 1.29 is 9.13 Å². The summed E-state index contributed by atoms with van der Waals surface area (Å²) in [6.07, 6.45) is 0. The zero-order valence-corrected chi connectivity index (χ0v) is 10.5. The molecule has 1 aromatic heterocycles. The number of hydrogen-bond acceptors (Lipinski definition) is 4. The van der Waals surface area contributed by atoms with Crippen LogP contribution in [-0.2, 0) is 6.54 Å². The minimum atomic E-state index is -0.359. The second kappa shape index (κ2) is 5.14. The number of nitrogens with zero attached hydrogens (tertiary/aromatic N) is 1. The smallest absolute Gasteiger partial charge is 0.165 e. The molecule has 5 heteroatoms. The molecule has 1 N–H and O–H groups in total. The summed E-state index contributed by atoms with van der Waals surface area (Å²) >= 11 is 1.61. The second-order valence-corrected chi connectivity index (χ2v) is 4.62. The minimum absolute atomic E-state index is 0.240. The summed E-state index contributed by atoms with van der Waals surface area (Å²) < 4.78 is 18.1. The average molecular weight is 252 g/mol. The molecule has 0 fully saturated rings. The van der Waals surface area contributed by atoms with Crippen LogP contribution in [0.5, 0.6) is 5.75 Å². The second-order valence-electron chi connectivity index (χ2n) is 3.56. The predicted octanol–water partition coefficient (Wildman–Crippen LogP) is 3.21. The highest BCUT2D eigenvalue weighted by Crippen LogP contribution is 2.22. The fraction of sp³-hybridized carbons (Fsp3) is 0.250. The standard InChI is InChI=1S/C12H13FN2OS/c1-8-15-10(7-17-8)6-14-9-3-4-11(13)12(5-9)16-2/h3-5,7,14H,6H2,1-2H3. The van der Waals surface area contributed by atoms with Crippen molar-refractivity contribution in [3.63, 3.8) is 0 Å². The molecule has 1 aromatic carbocycles. The maximum absolute atomic E-state index is 13.2. The van der Waals surface area contributed by atoms with E-state index in [1.807, 2.05) is 12.3 Å². The van der Waals surface area contributed by atoms with Gasteiger partial charge in [0.1, 0.15) is 0 Å². The number of benzene rings is 1. The topological polar surface area (TPSA) is 34.1 Å². The highest BCUT2D eigenvalue weighted by Gasteiger charge is 2.04. The van der Waals surface area contributed by atoms with Crippen molar-refractivity contribution in [1.29, 1.82) is 0 Å². The van der Waals surface area contributed by atoms with Crippen LogP contribution in [0.1, 0.15) is 10.7 Å². The van der Waals surface area contributed by atoms with E-state index in [1.165, 1.54) is 13.2 Å². The largest absolute Gasteiger partial charge is 0.494 e. The zero-order chi connectivity index (χ0) is 12.3. The molecule has 0 saturated heterocycles. The van der Waals surface area contributed by atoms with Gasteiger partial charge >= 0.3 is 0 Å². The molecule has 1 heterocycles. The van der Waals surface area contributed by atoms with Gasteiger partial charge in [0.05, 0.1) is 24.4 Å². The fourth-order valence-corrected chi connectivity index (χ4v) is 2.06. The fourth-order valence-electron chi connectivity index (χ4n) is 1.45. The van der Waals surface area contributed by atoms with Gasteiger partial charge in [0.15, 0.2) is 11.6 Å². The number of thiazole rings is 1. The van der Waals surface area contributed by atoms with Crippen LogP contribution in [0, 0.1) is 12.7 Å². The molecule has 90 valence electrons. The number of methoxy groups -OCH3 is 1. The minimum Gasteiger partial charge on any atom is -0.494 e. The van der Waals surface area contributed by atoms with Crippen LogP contribution in [0.25, 0.3) is 0 Å². The lowest BCUT2D eigenvalue weighted by Crippen LogP contribution is -2.00. The lowest BCUT2D eigenvalue weighted by atomic mass is 10.3. The molecule has 0 radical (unpaired) electrons. The van der Waals surface area contributed by atoms with Crippen molar-refractivity contribution >= 4 is 17.0 Å². The number of nitrogens with one attached hydrogen (secondary N) is 1. The third kappa shape index (κ3) is 2.94. The first-order valence-electron chi connectivity index (χ1n) is 5.17. The number of aromatic nitrogens is 1. The Labute approximate surface area is 103 Å². The molecule has 0 spiro atoms. The molecule has 0 aliphatic rings. The Bertz CT molecular complexity index is 513. The van der Waals surface area contributed by atoms with Crippen LogP contribution < -0.4 is 10.1 Å². The van der Waals surface area contributed by atoms with Gasteiger partial charge in [0, 0.05) is 17.1 Å². The maximum Gasteiger partial charge on any atom is 0.165 e. The van der Waals surface area contributed by atoms with Gasteiger partial charge in [-0.25, -0.2) is 9.37 Å². The van der Waals surface area contributed by atoms with E-state index in [4.69, 9.17) is 4.74 Å². The third-order valence-electron chi connectivity index (χ3n) is 2.29. The number of aryl methyl sites for hydroxylation is 1. The van der Waals surface area contributed by atoms with Gasteiger partial charge in [0.2, 0.25) is 0 Å². The Hall–Kier alpha value is -1.62. The van der Waals surface area contributed by atoms with Crippen LogP contribution in [0.3, 0.4) is 0 Å². The molecule has 3 nitrogen and oxygen atoms in total. The first kappa shape index (κ1) is 11.9. The number of ether oxygens (including phenoxy) is 1. The van der Waals surface area contributed by atoms with E-state index < -0.39 is 0 Å². The van der Waals surface area contributed by atoms with Gasteiger partial charge in [-0.15, -0.1) is 11.3 Å². The predicted molar refractivity (Wildman–Crippen MR) is 67.1 cm³/mol. The van der Waals surface area contributed by atoms with Gasteiger partial charge in [-0.3, -0.25) is 0 Å². The molecule has 0 unspecified atom stereocenters. The highest BCUT2D eigenvalue weighted by atomic mass is 32.1. The van der Waals surface area contributed by atoms with Crippen LogP contribution >= 0.6 is 11.3 Å². The normalized spacial score (nSPS) is 10.3. The molecule has 2 aromatic rings. The molecular formula is C12H13FN2OS. The Morgan fingerprint density at radius 2 is 2.29 bits per heavy atom. The zero-order valence-electron chi connectivity index (χ0n) is 9.66. The Morgan fingerprint density at radius 1 is 1.47 bits per heavy atom. The molecule has 0 saturated carbocycles. The van der Waals surface area contributed by atoms with Crippen molar-refractivity contribution in [2.24, 2.45) is 0 Å². The van der Waals surface area contributed by atoms with Crippen molar-refractivity contribution in [3.8, 4) is 5.75 Å². The third-order valence-corrected chi connectivity index (χ3v) is 3.11. The molecular weight excluding hydrogens is 239 g/mol. The van der Waals surface area contributed by atoms with E-state index in [9.17, 15) is 4.39 Å². The summed E-state index contributed by atoms with van der Waals surface area (Å²) in [7, 11) is 1.45. The molecule has 0 bridgehead atoms. The summed E-state index contributed by atoms with van der Waals surface area (Å²) in [6.45, 7) is 2.59. The van der Waals surface area contributed by atoms with Gasteiger partial charge in [-0.1, -0.05) is 0 Å². The molecule has 0 aliphatic heterocycles. The lowest BCUT2D eigenvalue weighted by Gasteiger charge is -2.07. The Balaban J connectivity index is 2.04. The summed E-state index contributed by atoms with van der Waals surface area (Å²) in [4.78, 5) is 4.34. The van der Waals surface area contributed by atoms with E-state index in [0.717, 1.165) is 16.4 Å². The molecule has 2 rings (SSSR count). The maximum atomic E-state index is 13.2. The first-order chi connectivity index (χ1) is 8.19. The van der Waals surface area contributed by atoms with E-state index in [-0.39, 0.29) is 11.6 Å². The SMILES string of the molecule is COc1cc(NCc2csc(C)n2)ccc1F. The molecule has 17 heavy (non-hydrogen) atoms. The van der Waals surface area contributed by atoms with Crippen molar-refractivity contribution in [2.75, 3.05) is 12.4 Å². The quantitative estimate of drug-likeness (QED) is 0.907. The number of anilines is 1. The van der Waals surface area contributed by atoms with Crippen LogP contribution in [0.15, 0.2) is 23.6 Å². The average Bonchev–Trinajstić information content (AvgIpc) is 2.74. The number of rotatable bonds is 4. The summed E-state index contributed by atoms with van der Waals surface area (Å²) in [5.41, 5.74) is 1.80. The van der Waals surface area contributed by atoms with E-state index >= 15 is 0 Å². The molecule has 0 aliphatic carbocycles. The lowest BCUT2D eigenvalue weighted by molar-refractivity contribution is 0.387. The summed E-state index contributed by atoms with van der Waals surface area (Å²) in [6, 6.07) is 4.69. The van der Waals surface area contributed by atoms with Gasteiger partial charge in [-0.05, 0) is 19.1 Å². The van der Waals surface area contributed by atoms with Crippen molar-refractivity contribution in [3.05, 3.63) is 40.1 Å². The number of halogens is 1. The van der Waals surface area contributed by atoms with Gasteiger partial charge in [-0.2, -0.15) is 0 Å². The van der Waals surface area contributed by atoms with Gasteiger partial charge in [0.25, 0.3) is 0 Å². The monoisotopic (exact) mass is 252 g/mol. The van der Waals surface area contributed by atoms with Crippen LogP contribution in [0.4, 0.5) is 10.1 Å². The first-order valence-corrected chi connectivity index (χ1v) is 6.05. The number of hydrogen-bond donors (Lipinski definition) is 1. The van der Waals surface area contributed by atoms with Crippen LogP contribution in [0.2, 0.25) is 0 Å². The molecule has 0 atom stereocenters. The Morgan fingerprint density at radius 3 is 2.94 bits per heavy atom. The van der Waals surface area contributed by atoms with Crippen LogP contribution in [-0.4, -0.2) is 12.1 Å². The highest BCUT2D eigenvalue weighted by molar-refractivity contribution is 7.09. The van der Waals surface area contributed by atoms with E-state index in [0.29, 0.717) is 6.54 Å². The van der Waals surface area contributed by atoms with E-state index in [1.54, 1.807) is 23.5 Å². The van der Waals surface area contributed by atoms with Crippen molar-refractivity contribution in [1.82, 2.24) is 4.98 Å². The van der Waals surface area contributed by atoms with Crippen molar-refractivity contribution in [2.45, 2.75) is 13.5 Å². The van der Waals surface area contributed by atoms with E-state index in [2.05, 4.69) is 10.3 Å². The summed E-state index contributed by atoms with van der Waals surface area (Å²) in [5, 5.41) is 6.22. The van der Waals surface area contributed by atoms with Gasteiger partial charge < -0.3 is 10.1 Å². The Kier molecular flexibility index (Phi) is 3.58. The molecule has 0 amide bonds. The summed E-state index contributed by atoms with van der Waals surface area (Å²) in [5.74, 6) is -0.119.